The minimum atomic E-state index is 0.612. The van der Waals surface area contributed by atoms with Crippen molar-refractivity contribution >= 4 is 64.1 Å². The van der Waals surface area contributed by atoms with Crippen molar-refractivity contribution in [2.75, 3.05) is 0 Å². The molecular weight excluding hydrogens is 533 g/mol. The maximum Gasteiger partial charge on any atom is 0.238 e. The molecule has 0 unspecified atom stereocenters. The van der Waals surface area contributed by atoms with E-state index in [-0.39, 0.29) is 0 Å². The summed E-state index contributed by atoms with van der Waals surface area (Å²) < 4.78 is 4.77. The minimum Gasteiger partial charge on any atom is -0.277 e. The number of rotatable bonds is 3. The molecule has 3 heterocycles. The Balaban J connectivity index is 1.45. The number of hydrogen-bond acceptors (Lipinski definition) is 4. The van der Waals surface area contributed by atoms with E-state index in [4.69, 9.17) is 15.0 Å². The van der Waals surface area contributed by atoms with Gasteiger partial charge in [0.25, 0.3) is 0 Å². The van der Waals surface area contributed by atoms with Crippen molar-refractivity contribution in [1.82, 2.24) is 19.5 Å². The summed E-state index contributed by atoms with van der Waals surface area (Å²) in [5.41, 5.74) is 4.14. The zero-order chi connectivity index (χ0) is 27.6. The van der Waals surface area contributed by atoms with Gasteiger partial charge in [-0.2, -0.15) is 9.97 Å². The molecule has 196 valence electrons. The Kier molecular flexibility index (Phi) is 5.03. The van der Waals surface area contributed by atoms with Crippen molar-refractivity contribution in [2.24, 2.45) is 0 Å². The van der Waals surface area contributed by atoms with Gasteiger partial charge in [-0.3, -0.25) is 4.57 Å². The van der Waals surface area contributed by atoms with Crippen LogP contribution in [0.5, 0.6) is 0 Å². The van der Waals surface area contributed by atoms with Crippen LogP contribution in [0.3, 0.4) is 0 Å². The maximum atomic E-state index is 5.24. The quantitative estimate of drug-likeness (QED) is 0.218. The highest BCUT2D eigenvalue weighted by Crippen LogP contribution is 2.42. The third-order valence-electron chi connectivity index (χ3n) is 8.06. The van der Waals surface area contributed by atoms with Gasteiger partial charge in [0.1, 0.15) is 0 Å². The van der Waals surface area contributed by atoms with Crippen molar-refractivity contribution in [3.63, 3.8) is 0 Å². The average molecular weight is 555 g/mol. The SMILES string of the molecule is c1ccc(-c2nc(-c3cccc4ccccc34)nc(-n3c4ccccc4c4ccc5sc6ccccc6c5c43)n2)cc1. The Morgan fingerprint density at radius 3 is 2.10 bits per heavy atom. The van der Waals surface area contributed by atoms with Crippen molar-refractivity contribution in [3.8, 4) is 28.7 Å². The summed E-state index contributed by atoms with van der Waals surface area (Å²) in [7, 11) is 0. The molecule has 0 amide bonds. The van der Waals surface area contributed by atoms with Gasteiger partial charge < -0.3 is 0 Å². The van der Waals surface area contributed by atoms with Crippen LogP contribution < -0.4 is 0 Å². The van der Waals surface area contributed by atoms with E-state index >= 15 is 0 Å². The lowest BCUT2D eigenvalue weighted by Crippen LogP contribution is -2.06. The van der Waals surface area contributed by atoms with Crippen LogP contribution in [0, 0.1) is 0 Å². The zero-order valence-corrected chi connectivity index (χ0v) is 23.2. The Hall–Kier alpha value is -5.39. The van der Waals surface area contributed by atoms with Gasteiger partial charge in [0.15, 0.2) is 11.6 Å². The summed E-state index contributed by atoms with van der Waals surface area (Å²) >= 11 is 1.83. The summed E-state index contributed by atoms with van der Waals surface area (Å²) in [6, 6.07) is 46.6. The lowest BCUT2D eigenvalue weighted by atomic mass is 10.0. The van der Waals surface area contributed by atoms with Crippen LogP contribution in [0.15, 0.2) is 133 Å². The molecule has 0 radical (unpaired) electrons. The van der Waals surface area contributed by atoms with Crippen LogP contribution in [0.4, 0.5) is 0 Å². The first-order valence-electron chi connectivity index (χ1n) is 14.0. The molecule has 0 aliphatic carbocycles. The maximum absolute atomic E-state index is 5.24. The first-order valence-corrected chi connectivity index (χ1v) is 14.8. The third-order valence-corrected chi connectivity index (χ3v) is 9.20. The van der Waals surface area contributed by atoms with E-state index in [9.17, 15) is 0 Å². The molecule has 5 heteroatoms. The molecule has 6 aromatic carbocycles. The van der Waals surface area contributed by atoms with Gasteiger partial charge in [-0.05, 0) is 29.0 Å². The molecule has 0 aliphatic heterocycles. The molecule has 0 spiro atoms. The molecule has 42 heavy (non-hydrogen) atoms. The highest BCUT2D eigenvalue weighted by atomic mass is 32.1. The van der Waals surface area contributed by atoms with E-state index < -0.39 is 0 Å². The second kappa shape index (κ2) is 9.06. The number of para-hydroxylation sites is 1. The molecule has 4 nitrogen and oxygen atoms in total. The van der Waals surface area contributed by atoms with E-state index in [1.165, 1.54) is 30.9 Å². The summed E-state index contributed by atoms with van der Waals surface area (Å²) in [5.74, 6) is 1.92. The van der Waals surface area contributed by atoms with E-state index in [2.05, 4.69) is 120 Å². The highest BCUT2D eigenvalue weighted by Gasteiger charge is 2.21. The third kappa shape index (κ3) is 3.44. The van der Waals surface area contributed by atoms with Crippen LogP contribution in [0.1, 0.15) is 0 Å². The van der Waals surface area contributed by atoms with Gasteiger partial charge in [-0.1, -0.05) is 115 Å². The second-order valence-electron chi connectivity index (χ2n) is 10.5. The Morgan fingerprint density at radius 2 is 1.19 bits per heavy atom. The molecule has 0 fully saturated rings. The lowest BCUT2D eigenvalue weighted by Gasteiger charge is -2.12. The summed E-state index contributed by atoms with van der Waals surface area (Å²) in [6.07, 6.45) is 0. The average Bonchev–Trinajstić information content (AvgIpc) is 3.60. The monoisotopic (exact) mass is 554 g/mol. The molecule has 0 bridgehead atoms. The predicted molar refractivity (Wildman–Crippen MR) is 175 cm³/mol. The standard InChI is InChI=1S/C37H22N4S/c1-2-12-24(13-3-1)35-38-36(28-18-10-14-23-11-4-5-15-25(23)28)40-37(39-35)41-30-19-8-6-16-26(30)27-21-22-32-33(34(27)41)29-17-7-9-20-31(29)42-32/h1-22H. The Morgan fingerprint density at radius 1 is 0.476 bits per heavy atom. The molecule has 0 aliphatic rings. The van der Waals surface area contributed by atoms with Gasteiger partial charge in [0, 0.05) is 42.1 Å². The number of aromatic nitrogens is 4. The molecule has 0 N–H and O–H groups in total. The molecule has 3 aromatic heterocycles. The number of nitrogens with zero attached hydrogens (tertiary/aromatic N) is 4. The predicted octanol–water partition coefficient (Wildman–Crippen LogP) is 9.82. The minimum absolute atomic E-state index is 0.612. The fraction of sp³-hybridized carbons (Fsp3) is 0. The van der Waals surface area contributed by atoms with Crippen molar-refractivity contribution in [2.45, 2.75) is 0 Å². The van der Waals surface area contributed by atoms with E-state index in [0.717, 1.165) is 32.9 Å². The van der Waals surface area contributed by atoms with E-state index in [1.54, 1.807) is 0 Å². The molecular formula is C37H22N4S. The molecule has 9 aromatic rings. The van der Waals surface area contributed by atoms with Gasteiger partial charge in [-0.15, -0.1) is 11.3 Å². The topological polar surface area (TPSA) is 43.6 Å². The first-order chi connectivity index (χ1) is 20.8. The van der Waals surface area contributed by atoms with Crippen LogP contribution in [0.25, 0.3) is 81.5 Å². The van der Waals surface area contributed by atoms with Crippen molar-refractivity contribution in [3.05, 3.63) is 133 Å². The Bertz CT molecular complexity index is 2470. The fourth-order valence-electron chi connectivity index (χ4n) is 6.19. The summed E-state index contributed by atoms with van der Waals surface area (Å²) in [4.78, 5) is 15.5. The number of benzene rings is 6. The van der Waals surface area contributed by atoms with Gasteiger partial charge in [0.05, 0.1) is 11.0 Å². The van der Waals surface area contributed by atoms with Gasteiger partial charge >= 0.3 is 0 Å². The summed E-state index contributed by atoms with van der Waals surface area (Å²) in [5, 5.41) is 7.12. The van der Waals surface area contributed by atoms with Gasteiger partial charge in [0.2, 0.25) is 5.95 Å². The number of fused-ring (bicyclic) bond motifs is 8. The normalized spacial score (nSPS) is 11.8. The zero-order valence-electron chi connectivity index (χ0n) is 22.4. The smallest absolute Gasteiger partial charge is 0.238 e. The first kappa shape index (κ1) is 23.3. The Labute approximate surface area is 245 Å². The molecule has 0 atom stereocenters. The van der Waals surface area contributed by atoms with E-state index in [1.807, 2.05) is 29.5 Å². The van der Waals surface area contributed by atoms with E-state index in [0.29, 0.717) is 17.6 Å². The van der Waals surface area contributed by atoms with Crippen LogP contribution >= 0.6 is 11.3 Å². The molecule has 0 saturated heterocycles. The fourth-order valence-corrected chi connectivity index (χ4v) is 7.30. The number of hydrogen-bond donors (Lipinski definition) is 0. The second-order valence-corrected chi connectivity index (χ2v) is 11.5. The van der Waals surface area contributed by atoms with Crippen molar-refractivity contribution in [1.29, 1.82) is 0 Å². The van der Waals surface area contributed by atoms with Crippen molar-refractivity contribution < 1.29 is 0 Å². The van der Waals surface area contributed by atoms with Gasteiger partial charge in [-0.25, -0.2) is 4.98 Å². The molecule has 9 rings (SSSR count). The largest absolute Gasteiger partial charge is 0.277 e. The number of thiophene rings is 1. The highest BCUT2D eigenvalue weighted by molar-refractivity contribution is 7.26. The van der Waals surface area contributed by atoms with Crippen LogP contribution in [0.2, 0.25) is 0 Å². The molecule has 0 saturated carbocycles. The van der Waals surface area contributed by atoms with Crippen LogP contribution in [-0.4, -0.2) is 19.5 Å². The lowest BCUT2D eigenvalue weighted by molar-refractivity contribution is 0.956. The summed E-state index contributed by atoms with van der Waals surface area (Å²) in [6.45, 7) is 0. The van der Waals surface area contributed by atoms with Crippen LogP contribution in [-0.2, 0) is 0 Å².